The van der Waals surface area contributed by atoms with Crippen LogP contribution in [0.4, 0.5) is 0 Å². The maximum atomic E-state index is 6.26. The fourth-order valence-electron chi connectivity index (χ4n) is 2.05. The lowest BCUT2D eigenvalue weighted by Crippen LogP contribution is -2.15. The molecule has 0 fully saturated rings. The summed E-state index contributed by atoms with van der Waals surface area (Å²) >= 11 is 0. The van der Waals surface area contributed by atoms with Gasteiger partial charge in [-0.05, 0) is 30.5 Å². The van der Waals surface area contributed by atoms with E-state index in [4.69, 9.17) is 5.73 Å². The zero-order valence-electron chi connectivity index (χ0n) is 10.6. The number of hydrogen-bond acceptors (Lipinski definition) is 2. The van der Waals surface area contributed by atoms with Crippen LogP contribution in [0.15, 0.2) is 30.3 Å². The minimum absolute atomic E-state index is 0.105. The van der Waals surface area contributed by atoms with Crippen molar-refractivity contribution in [2.75, 3.05) is 0 Å². The summed E-state index contributed by atoms with van der Waals surface area (Å²) in [6, 6.07) is 10.4. The molecular weight excluding hydrogens is 210 g/mol. The standard InChI is InChI=1S/C14H19N3/c1-4-11-5-7-12(8-6-11)14(15)13-9-10(2)16-17(13)3/h5-9,14H,4,15H2,1-3H3. The summed E-state index contributed by atoms with van der Waals surface area (Å²) < 4.78 is 1.85. The summed E-state index contributed by atoms with van der Waals surface area (Å²) in [5.74, 6) is 0. The molecule has 0 spiro atoms. The smallest absolute Gasteiger partial charge is 0.0723 e. The van der Waals surface area contributed by atoms with Crippen LogP contribution in [-0.2, 0) is 13.5 Å². The Balaban J connectivity index is 2.30. The number of nitrogens with two attached hydrogens (primary N) is 1. The maximum absolute atomic E-state index is 6.26. The third kappa shape index (κ3) is 2.39. The molecule has 3 heteroatoms. The molecule has 0 saturated carbocycles. The van der Waals surface area contributed by atoms with E-state index in [2.05, 4.69) is 36.3 Å². The molecule has 3 nitrogen and oxygen atoms in total. The largest absolute Gasteiger partial charge is 0.319 e. The summed E-state index contributed by atoms with van der Waals surface area (Å²) in [4.78, 5) is 0. The molecule has 2 rings (SSSR count). The summed E-state index contributed by atoms with van der Waals surface area (Å²) in [6.45, 7) is 4.13. The van der Waals surface area contributed by atoms with Crippen molar-refractivity contribution in [3.8, 4) is 0 Å². The van der Waals surface area contributed by atoms with Crippen LogP contribution >= 0.6 is 0 Å². The van der Waals surface area contributed by atoms with Gasteiger partial charge in [-0.1, -0.05) is 31.2 Å². The van der Waals surface area contributed by atoms with Gasteiger partial charge in [-0.3, -0.25) is 4.68 Å². The van der Waals surface area contributed by atoms with Crippen molar-refractivity contribution in [3.63, 3.8) is 0 Å². The maximum Gasteiger partial charge on any atom is 0.0723 e. The highest BCUT2D eigenvalue weighted by Gasteiger charge is 2.13. The highest BCUT2D eigenvalue weighted by Crippen LogP contribution is 2.20. The summed E-state index contributed by atoms with van der Waals surface area (Å²) in [5, 5.41) is 4.33. The third-order valence-corrected chi connectivity index (χ3v) is 3.10. The predicted molar refractivity (Wildman–Crippen MR) is 69.8 cm³/mol. The van der Waals surface area contributed by atoms with Gasteiger partial charge in [0.1, 0.15) is 0 Å². The molecule has 0 aliphatic heterocycles. The van der Waals surface area contributed by atoms with Crippen molar-refractivity contribution >= 4 is 0 Å². The third-order valence-electron chi connectivity index (χ3n) is 3.10. The molecule has 1 unspecified atom stereocenters. The number of benzene rings is 1. The van der Waals surface area contributed by atoms with Crippen molar-refractivity contribution in [1.29, 1.82) is 0 Å². The molecule has 1 aromatic heterocycles. The summed E-state index contributed by atoms with van der Waals surface area (Å²) in [6.07, 6.45) is 1.06. The van der Waals surface area contributed by atoms with Crippen molar-refractivity contribution in [2.45, 2.75) is 26.3 Å². The van der Waals surface area contributed by atoms with Gasteiger partial charge in [0.2, 0.25) is 0 Å². The number of hydrogen-bond donors (Lipinski definition) is 1. The summed E-state index contributed by atoms with van der Waals surface area (Å²) in [5.41, 5.74) is 10.8. The van der Waals surface area contributed by atoms with E-state index in [1.165, 1.54) is 5.56 Å². The van der Waals surface area contributed by atoms with E-state index in [1.54, 1.807) is 0 Å². The van der Waals surface area contributed by atoms with Gasteiger partial charge < -0.3 is 5.73 Å². The number of nitrogens with zero attached hydrogens (tertiary/aromatic N) is 2. The fraction of sp³-hybridized carbons (Fsp3) is 0.357. The molecule has 0 bridgehead atoms. The van der Waals surface area contributed by atoms with E-state index in [-0.39, 0.29) is 6.04 Å². The number of aromatic nitrogens is 2. The van der Waals surface area contributed by atoms with E-state index < -0.39 is 0 Å². The summed E-state index contributed by atoms with van der Waals surface area (Å²) in [7, 11) is 1.93. The first-order valence-electron chi connectivity index (χ1n) is 5.96. The van der Waals surface area contributed by atoms with Crippen LogP contribution in [0.3, 0.4) is 0 Å². The Bertz CT molecular complexity index is 497. The Hall–Kier alpha value is -1.61. The topological polar surface area (TPSA) is 43.8 Å². The second kappa shape index (κ2) is 4.72. The Morgan fingerprint density at radius 2 is 1.94 bits per heavy atom. The molecule has 0 aliphatic rings. The monoisotopic (exact) mass is 229 g/mol. The van der Waals surface area contributed by atoms with Crippen molar-refractivity contribution in [3.05, 3.63) is 52.8 Å². The lowest BCUT2D eigenvalue weighted by Gasteiger charge is -2.12. The van der Waals surface area contributed by atoms with Gasteiger partial charge in [0, 0.05) is 7.05 Å². The first-order valence-corrected chi connectivity index (χ1v) is 5.96. The minimum atomic E-state index is -0.105. The van der Waals surface area contributed by atoms with Crippen molar-refractivity contribution < 1.29 is 0 Å². The van der Waals surface area contributed by atoms with Gasteiger partial charge >= 0.3 is 0 Å². The van der Waals surface area contributed by atoms with E-state index in [9.17, 15) is 0 Å². The second-order valence-electron chi connectivity index (χ2n) is 4.41. The predicted octanol–water partition coefficient (Wildman–Crippen LogP) is 2.34. The van der Waals surface area contributed by atoms with Gasteiger partial charge in [0.15, 0.2) is 0 Å². The molecule has 0 radical (unpaired) electrons. The Morgan fingerprint density at radius 3 is 2.41 bits per heavy atom. The minimum Gasteiger partial charge on any atom is -0.319 e. The van der Waals surface area contributed by atoms with Crippen LogP contribution < -0.4 is 5.73 Å². The normalized spacial score (nSPS) is 12.7. The molecule has 1 aromatic carbocycles. The van der Waals surface area contributed by atoms with E-state index >= 15 is 0 Å². The molecule has 2 N–H and O–H groups in total. The zero-order valence-corrected chi connectivity index (χ0v) is 10.6. The molecular formula is C14H19N3. The van der Waals surface area contributed by atoms with Gasteiger partial charge in [0.25, 0.3) is 0 Å². The Morgan fingerprint density at radius 1 is 1.29 bits per heavy atom. The number of aryl methyl sites for hydroxylation is 3. The molecule has 2 aromatic rings. The van der Waals surface area contributed by atoms with Gasteiger partial charge in [-0.2, -0.15) is 5.10 Å². The number of rotatable bonds is 3. The molecule has 1 heterocycles. The molecule has 0 saturated heterocycles. The van der Waals surface area contributed by atoms with Crippen LogP contribution in [0, 0.1) is 6.92 Å². The van der Waals surface area contributed by atoms with Crippen LogP contribution in [0.5, 0.6) is 0 Å². The van der Waals surface area contributed by atoms with E-state index in [1.807, 2.05) is 24.7 Å². The molecule has 90 valence electrons. The average Bonchev–Trinajstić information content (AvgIpc) is 2.68. The average molecular weight is 229 g/mol. The van der Waals surface area contributed by atoms with Crippen molar-refractivity contribution in [2.24, 2.45) is 12.8 Å². The highest BCUT2D eigenvalue weighted by molar-refractivity contribution is 5.31. The van der Waals surface area contributed by atoms with Crippen LogP contribution in [0.2, 0.25) is 0 Å². The highest BCUT2D eigenvalue weighted by atomic mass is 15.3. The Labute approximate surface area is 102 Å². The quantitative estimate of drug-likeness (QED) is 0.878. The zero-order chi connectivity index (χ0) is 12.4. The lowest BCUT2D eigenvalue weighted by molar-refractivity contribution is 0.669. The lowest BCUT2D eigenvalue weighted by atomic mass is 10.0. The first-order chi connectivity index (χ1) is 8.11. The first kappa shape index (κ1) is 11.9. The van der Waals surface area contributed by atoms with Crippen molar-refractivity contribution in [1.82, 2.24) is 9.78 Å². The van der Waals surface area contributed by atoms with Gasteiger partial charge in [-0.25, -0.2) is 0 Å². The van der Waals surface area contributed by atoms with E-state index in [0.29, 0.717) is 0 Å². The molecule has 17 heavy (non-hydrogen) atoms. The van der Waals surface area contributed by atoms with Gasteiger partial charge in [-0.15, -0.1) is 0 Å². The SMILES string of the molecule is CCc1ccc(C(N)c2cc(C)nn2C)cc1. The molecule has 0 aliphatic carbocycles. The molecule has 0 amide bonds. The van der Waals surface area contributed by atoms with Crippen LogP contribution in [0.25, 0.3) is 0 Å². The van der Waals surface area contributed by atoms with Gasteiger partial charge in [0.05, 0.1) is 17.4 Å². The molecule has 1 atom stereocenters. The fourth-order valence-corrected chi connectivity index (χ4v) is 2.05. The van der Waals surface area contributed by atoms with E-state index in [0.717, 1.165) is 23.4 Å². The van der Waals surface area contributed by atoms with Crippen LogP contribution in [0.1, 0.15) is 35.5 Å². The Kier molecular flexibility index (Phi) is 3.29. The second-order valence-corrected chi connectivity index (χ2v) is 4.41. The van der Waals surface area contributed by atoms with Crippen LogP contribution in [-0.4, -0.2) is 9.78 Å².